The van der Waals surface area contributed by atoms with Crippen LogP contribution in [0.1, 0.15) is 22.4 Å². The number of halogens is 1. The molecule has 3 aromatic rings. The summed E-state index contributed by atoms with van der Waals surface area (Å²) in [6.45, 7) is 0.421. The number of para-hydroxylation sites is 1. The van der Waals surface area contributed by atoms with Crippen molar-refractivity contribution in [2.45, 2.75) is 6.04 Å². The molecule has 3 rings (SSSR count). The molecule has 0 aliphatic heterocycles. The van der Waals surface area contributed by atoms with E-state index in [1.165, 1.54) is 0 Å². The minimum Gasteiger partial charge on any atom is -0.459 e. The summed E-state index contributed by atoms with van der Waals surface area (Å²) in [4.78, 5) is 14.1. The van der Waals surface area contributed by atoms with E-state index in [2.05, 4.69) is 21.2 Å². The van der Waals surface area contributed by atoms with Crippen molar-refractivity contribution in [1.82, 2.24) is 10.2 Å². The van der Waals surface area contributed by atoms with Gasteiger partial charge in [0.1, 0.15) is 11.3 Å². The summed E-state index contributed by atoms with van der Waals surface area (Å²) in [7, 11) is 3.90. The van der Waals surface area contributed by atoms with Gasteiger partial charge in [-0.15, -0.1) is 0 Å². The minimum atomic E-state index is -0.251. The third-order valence-corrected chi connectivity index (χ3v) is 4.08. The Morgan fingerprint density at radius 2 is 2.00 bits per heavy atom. The lowest BCUT2D eigenvalue weighted by atomic mass is 10.2. The van der Waals surface area contributed by atoms with Crippen molar-refractivity contribution in [1.29, 1.82) is 0 Å². The molecule has 0 bridgehead atoms. The maximum Gasteiger partial charge on any atom is 0.287 e. The summed E-state index contributed by atoms with van der Waals surface area (Å²) >= 11 is 3.19. The summed E-state index contributed by atoms with van der Waals surface area (Å²) in [5.74, 6) is 0.842. The van der Waals surface area contributed by atoms with Crippen molar-refractivity contribution >= 4 is 32.8 Å². The van der Waals surface area contributed by atoms with Crippen LogP contribution in [-0.4, -0.2) is 31.4 Å². The smallest absolute Gasteiger partial charge is 0.287 e. The molecule has 2 aromatic heterocycles. The molecule has 0 fully saturated rings. The van der Waals surface area contributed by atoms with Crippen molar-refractivity contribution < 1.29 is 13.6 Å². The lowest BCUT2D eigenvalue weighted by Gasteiger charge is -2.22. The average Bonchev–Trinajstić information content (AvgIpc) is 3.12. The molecule has 0 aliphatic carbocycles. The minimum absolute atomic E-state index is 0.0650. The van der Waals surface area contributed by atoms with E-state index in [0.717, 1.165) is 16.7 Å². The van der Waals surface area contributed by atoms with E-state index in [0.29, 0.717) is 11.2 Å². The van der Waals surface area contributed by atoms with E-state index in [-0.39, 0.29) is 17.7 Å². The predicted octanol–water partition coefficient (Wildman–Crippen LogP) is 3.82. The molecule has 2 heterocycles. The summed E-state index contributed by atoms with van der Waals surface area (Å²) in [6, 6.07) is 13.1. The predicted molar refractivity (Wildman–Crippen MR) is 91.4 cm³/mol. The van der Waals surface area contributed by atoms with Gasteiger partial charge in [0.05, 0.1) is 6.04 Å². The third kappa shape index (κ3) is 3.48. The van der Waals surface area contributed by atoms with Crippen LogP contribution in [0.5, 0.6) is 0 Å². The summed E-state index contributed by atoms with van der Waals surface area (Å²) in [6.07, 6.45) is 0. The SMILES string of the molecule is CN(C)C(CNC(=O)c1ccc(Br)o1)c1cc2ccccc2o1. The Labute approximate surface area is 142 Å². The lowest BCUT2D eigenvalue weighted by molar-refractivity contribution is 0.0910. The molecule has 5 nitrogen and oxygen atoms in total. The molecule has 0 aliphatic rings. The number of hydrogen-bond donors (Lipinski definition) is 1. The van der Waals surface area contributed by atoms with E-state index in [1.54, 1.807) is 12.1 Å². The van der Waals surface area contributed by atoms with Crippen LogP contribution in [-0.2, 0) is 0 Å². The summed E-state index contributed by atoms with van der Waals surface area (Å²) in [5, 5.41) is 3.93. The van der Waals surface area contributed by atoms with Crippen molar-refractivity contribution in [2.75, 3.05) is 20.6 Å². The Bertz CT molecular complexity index is 789. The normalized spacial score (nSPS) is 12.7. The second-order valence-electron chi connectivity index (χ2n) is 5.48. The number of hydrogen-bond acceptors (Lipinski definition) is 4. The van der Waals surface area contributed by atoms with Gasteiger partial charge >= 0.3 is 0 Å². The fourth-order valence-corrected chi connectivity index (χ4v) is 2.72. The first-order valence-electron chi connectivity index (χ1n) is 7.23. The van der Waals surface area contributed by atoms with E-state index in [9.17, 15) is 4.79 Å². The molecule has 0 saturated carbocycles. The number of rotatable bonds is 5. The van der Waals surface area contributed by atoms with Gasteiger partial charge in [0, 0.05) is 11.9 Å². The van der Waals surface area contributed by atoms with Crippen LogP contribution in [0.3, 0.4) is 0 Å². The topological polar surface area (TPSA) is 58.6 Å². The second-order valence-corrected chi connectivity index (χ2v) is 6.26. The number of furan rings is 2. The number of fused-ring (bicyclic) bond motifs is 1. The fraction of sp³-hybridized carbons (Fsp3) is 0.235. The molecule has 1 unspecified atom stereocenters. The van der Waals surface area contributed by atoms with Gasteiger partial charge in [0.25, 0.3) is 5.91 Å². The van der Waals surface area contributed by atoms with Gasteiger partial charge in [0.2, 0.25) is 0 Å². The number of carbonyl (C=O) groups excluding carboxylic acids is 1. The zero-order chi connectivity index (χ0) is 16.4. The van der Waals surface area contributed by atoms with Crippen LogP contribution >= 0.6 is 15.9 Å². The number of amides is 1. The molecule has 6 heteroatoms. The quantitative estimate of drug-likeness (QED) is 0.735. The molecular formula is C17H17BrN2O3. The van der Waals surface area contributed by atoms with Crippen molar-refractivity contribution in [3.63, 3.8) is 0 Å². The van der Waals surface area contributed by atoms with Gasteiger partial charge in [-0.3, -0.25) is 9.69 Å². The average molecular weight is 377 g/mol. The first-order valence-corrected chi connectivity index (χ1v) is 8.02. The van der Waals surface area contributed by atoms with Gasteiger partial charge < -0.3 is 14.2 Å². The standard InChI is InChI=1S/C17H17BrN2O3/c1-20(2)12(10-19-17(21)14-7-8-16(18)23-14)15-9-11-5-3-4-6-13(11)22-15/h3-9,12H,10H2,1-2H3,(H,19,21). The maximum atomic E-state index is 12.1. The molecule has 23 heavy (non-hydrogen) atoms. The lowest BCUT2D eigenvalue weighted by Crippen LogP contribution is -2.34. The highest BCUT2D eigenvalue weighted by Crippen LogP contribution is 2.26. The first kappa shape index (κ1) is 15.8. The number of nitrogens with zero attached hydrogens (tertiary/aromatic N) is 1. The van der Waals surface area contributed by atoms with Gasteiger partial charge in [-0.1, -0.05) is 18.2 Å². The Hall–Kier alpha value is -2.05. The van der Waals surface area contributed by atoms with E-state index < -0.39 is 0 Å². The van der Waals surface area contributed by atoms with Crippen molar-refractivity contribution in [3.05, 3.63) is 58.7 Å². The number of carbonyl (C=O) groups is 1. The summed E-state index contributed by atoms with van der Waals surface area (Å²) < 4.78 is 11.7. The Morgan fingerprint density at radius 1 is 1.22 bits per heavy atom. The molecule has 0 spiro atoms. The number of benzene rings is 1. The zero-order valence-electron chi connectivity index (χ0n) is 12.9. The Morgan fingerprint density at radius 3 is 2.65 bits per heavy atom. The van der Waals surface area contributed by atoms with Crippen molar-refractivity contribution in [3.8, 4) is 0 Å². The van der Waals surface area contributed by atoms with Crippen LogP contribution in [0, 0.1) is 0 Å². The van der Waals surface area contributed by atoms with Crippen LogP contribution in [0.4, 0.5) is 0 Å². The van der Waals surface area contributed by atoms with Gasteiger partial charge in [-0.05, 0) is 54.3 Å². The molecule has 0 radical (unpaired) electrons. The number of nitrogens with one attached hydrogen (secondary N) is 1. The van der Waals surface area contributed by atoms with Crippen LogP contribution in [0.15, 0.2) is 56.0 Å². The highest BCUT2D eigenvalue weighted by atomic mass is 79.9. The van der Waals surface area contributed by atoms with Gasteiger partial charge in [-0.2, -0.15) is 0 Å². The maximum absolute atomic E-state index is 12.1. The zero-order valence-corrected chi connectivity index (χ0v) is 14.5. The first-order chi connectivity index (χ1) is 11.0. The monoisotopic (exact) mass is 376 g/mol. The highest BCUT2D eigenvalue weighted by Gasteiger charge is 2.20. The molecule has 1 atom stereocenters. The number of likely N-dealkylation sites (N-methyl/N-ethyl adjacent to an activating group) is 1. The second kappa shape index (κ2) is 6.60. The largest absolute Gasteiger partial charge is 0.459 e. The van der Waals surface area contributed by atoms with E-state index in [1.807, 2.05) is 49.3 Å². The molecule has 0 saturated heterocycles. The van der Waals surface area contributed by atoms with Gasteiger partial charge in [-0.25, -0.2) is 0 Å². The van der Waals surface area contributed by atoms with Crippen LogP contribution < -0.4 is 5.32 Å². The van der Waals surface area contributed by atoms with Crippen molar-refractivity contribution in [2.24, 2.45) is 0 Å². The molecule has 1 amide bonds. The molecule has 1 aromatic carbocycles. The molecular weight excluding hydrogens is 360 g/mol. The highest BCUT2D eigenvalue weighted by molar-refractivity contribution is 9.10. The van der Waals surface area contributed by atoms with Gasteiger partial charge in [0.15, 0.2) is 10.4 Å². The van der Waals surface area contributed by atoms with E-state index in [4.69, 9.17) is 8.83 Å². The molecule has 1 N–H and O–H groups in total. The fourth-order valence-electron chi connectivity index (χ4n) is 2.42. The van der Waals surface area contributed by atoms with Crippen LogP contribution in [0.25, 0.3) is 11.0 Å². The van der Waals surface area contributed by atoms with Crippen LogP contribution in [0.2, 0.25) is 0 Å². The third-order valence-electron chi connectivity index (χ3n) is 3.65. The van der Waals surface area contributed by atoms with E-state index >= 15 is 0 Å². The Balaban J connectivity index is 1.75. The molecule has 120 valence electrons. The Kier molecular flexibility index (Phi) is 4.54. The summed E-state index contributed by atoms with van der Waals surface area (Å²) in [5.41, 5.74) is 0.843.